The summed E-state index contributed by atoms with van der Waals surface area (Å²) in [6.07, 6.45) is 11.0. The van der Waals surface area contributed by atoms with E-state index < -0.39 is 11.6 Å². The highest BCUT2D eigenvalue weighted by Gasteiger charge is 2.14. The number of allylic oxidation sites excluding steroid dienone is 4. The average molecular weight is 324 g/mol. The SMILES string of the molecule is COC(=O)c1cc2ccc(OCC3=CCC=CC=C3)cc2oc1=O. The molecule has 0 bridgehead atoms. The van der Waals surface area contributed by atoms with Crippen LogP contribution in [0.3, 0.4) is 0 Å². The van der Waals surface area contributed by atoms with Gasteiger partial charge in [0.2, 0.25) is 0 Å². The molecule has 24 heavy (non-hydrogen) atoms. The molecule has 0 saturated heterocycles. The Labute approximate surface area is 138 Å². The smallest absolute Gasteiger partial charge is 0.351 e. The largest absolute Gasteiger partial charge is 0.489 e. The Hall–Kier alpha value is -3.08. The molecule has 1 aliphatic carbocycles. The van der Waals surface area contributed by atoms with E-state index in [0.717, 1.165) is 12.0 Å². The topological polar surface area (TPSA) is 65.7 Å². The first-order valence-electron chi connectivity index (χ1n) is 7.48. The average Bonchev–Trinajstić information content (AvgIpc) is 2.87. The van der Waals surface area contributed by atoms with Crippen LogP contribution >= 0.6 is 0 Å². The van der Waals surface area contributed by atoms with Crippen molar-refractivity contribution >= 4 is 16.9 Å². The Kier molecular flexibility index (Phi) is 4.61. The van der Waals surface area contributed by atoms with Crippen molar-refractivity contribution in [3.8, 4) is 5.75 Å². The first-order valence-corrected chi connectivity index (χ1v) is 7.48. The van der Waals surface area contributed by atoms with Gasteiger partial charge >= 0.3 is 11.6 Å². The van der Waals surface area contributed by atoms with Crippen LogP contribution in [0.25, 0.3) is 11.0 Å². The number of hydrogen-bond donors (Lipinski definition) is 0. The number of carbonyl (C=O) groups excluding carboxylic acids is 1. The maximum Gasteiger partial charge on any atom is 0.351 e. The van der Waals surface area contributed by atoms with Gasteiger partial charge in [0.15, 0.2) is 0 Å². The molecule has 1 aliphatic rings. The van der Waals surface area contributed by atoms with Crippen molar-refractivity contribution in [3.05, 3.63) is 76.2 Å². The molecule has 0 spiro atoms. The number of carbonyl (C=O) groups is 1. The van der Waals surface area contributed by atoms with Crippen LogP contribution < -0.4 is 10.4 Å². The molecule has 1 aromatic heterocycles. The van der Waals surface area contributed by atoms with Crippen molar-refractivity contribution in [1.82, 2.24) is 0 Å². The van der Waals surface area contributed by atoms with Crippen molar-refractivity contribution < 1.29 is 18.7 Å². The van der Waals surface area contributed by atoms with Crippen molar-refractivity contribution in [2.24, 2.45) is 0 Å². The normalized spacial score (nSPS) is 13.5. The van der Waals surface area contributed by atoms with E-state index in [-0.39, 0.29) is 5.56 Å². The second kappa shape index (κ2) is 7.00. The molecule has 0 fully saturated rings. The van der Waals surface area contributed by atoms with Gasteiger partial charge in [0, 0.05) is 11.5 Å². The minimum absolute atomic E-state index is 0.125. The summed E-state index contributed by atoms with van der Waals surface area (Å²) < 4.78 is 15.5. The fraction of sp³-hybridized carbons (Fsp3) is 0.158. The van der Waals surface area contributed by atoms with Crippen LogP contribution in [0, 0.1) is 0 Å². The van der Waals surface area contributed by atoms with Crippen molar-refractivity contribution in [1.29, 1.82) is 0 Å². The Morgan fingerprint density at radius 2 is 2.12 bits per heavy atom. The lowest BCUT2D eigenvalue weighted by Crippen LogP contribution is -2.14. The molecule has 5 heteroatoms. The van der Waals surface area contributed by atoms with Gasteiger partial charge in [-0.05, 0) is 30.2 Å². The summed E-state index contributed by atoms with van der Waals surface area (Å²) in [5.41, 5.74) is 0.576. The third-order valence-electron chi connectivity index (χ3n) is 3.59. The van der Waals surface area contributed by atoms with E-state index in [4.69, 9.17) is 9.15 Å². The molecule has 2 aromatic rings. The molecule has 0 N–H and O–H groups in total. The highest BCUT2D eigenvalue weighted by Crippen LogP contribution is 2.21. The second-order valence-corrected chi connectivity index (χ2v) is 5.23. The predicted octanol–water partition coefficient (Wildman–Crippen LogP) is 3.40. The molecule has 0 unspecified atom stereocenters. The van der Waals surface area contributed by atoms with Gasteiger partial charge in [-0.15, -0.1) is 0 Å². The zero-order valence-corrected chi connectivity index (χ0v) is 13.2. The lowest BCUT2D eigenvalue weighted by molar-refractivity contribution is 0.0596. The molecule has 3 rings (SSSR count). The summed E-state index contributed by atoms with van der Waals surface area (Å²) in [5, 5.41) is 0.625. The minimum Gasteiger partial charge on any atom is -0.489 e. The van der Waals surface area contributed by atoms with Gasteiger partial charge in [-0.25, -0.2) is 9.59 Å². The molecule has 5 nitrogen and oxygen atoms in total. The van der Waals surface area contributed by atoms with Crippen LogP contribution in [0.2, 0.25) is 0 Å². The Morgan fingerprint density at radius 3 is 2.96 bits per heavy atom. The predicted molar refractivity (Wildman–Crippen MR) is 90.3 cm³/mol. The van der Waals surface area contributed by atoms with E-state index in [9.17, 15) is 9.59 Å². The first-order chi connectivity index (χ1) is 11.7. The van der Waals surface area contributed by atoms with Gasteiger partial charge in [0.25, 0.3) is 0 Å². The fourth-order valence-electron chi connectivity index (χ4n) is 2.33. The van der Waals surface area contributed by atoms with Gasteiger partial charge in [0.1, 0.15) is 23.5 Å². The Bertz CT molecular complexity index is 915. The van der Waals surface area contributed by atoms with Gasteiger partial charge in [-0.2, -0.15) is 0 Å². The summed E-state index contributed by atoms with van der Waals surface area (Å²) >= 11 is 0. The maximum atomic E-state index is 11.9. The molecule has 1 heterocycles. The fourth-order valence-corrected chi connectivity index (χ4v) is 2.33. The number of methoxy groups -OCH3 is 1. The number of fused-ring (bicyclic) bond motifs is 1. The summed E-state index contributed by atoms with van der Waals surface area (Å²) in [5.74, 6) is -0.130. The summed E-state index contributed by atoms with van der Waals surface area (Å²) in [6, 6.07) is 6.59. The highest BCUT2D eigenvalue weighted by atomic mass is 16.5. The van der Waals surface area contributed by atoms with Crippen molar-refractivity contribution in [3.63, 3.8) is 0 Å². The van der Waals surface area contributed by atoms with Gasteiger partial charge in [-0.3, -0.25) is 0 Å². The summed E-state index contributed by atoms with van der Waals surface area (Å²) in [7, 11) is 1.22. The molecule has 0 radical (unpaired) electrons. The molecular formula is C19H16O5. The second-order valence-electron chi connectivity index (χ2n) is 5.23. The molecule has 122 valence electrons. The lowest BCUT2D eigenvalue weighted by Gasteiger charge is -2.08. The third-order valence-corrected chi connectivity index (χ3v) is 3.59. The number of benzene rings is 1. The zero-order valence-electron chi connectivity index (χ0n) is 13.2. The van der Waals surface area contributed by atoms with E-state index in [1.807, 2.05) is 18.2 Å². The van der Waals surface area contributed by atoms with Gasteiger partial charge in [0.05, 0.1) is 7.11 Å². The number of rotatable bonds is 4. The van der Waals surface area contributed by atoms with Crippen LogP contribution in [0.15, 0.2) is 69.4 Å². The van der Waals surface area contributed by atoms with Gasteiger partial charge < -0.3 is 13.9 Å². The van der Waals surface area contributed by atoms with Crippen LogP contribution in [0.4, 0.5) is 0 Å². The van der Waals surface area contributed by atoms with Crippen LogP contribution in [-0.4, -0.2) is 19.7 Å². The van der Waals surface area contributed by atoms with E-state index in [2.05, 4.69) is 16.9 Å². The molecule has 0 aliphatic heterocycles. The van der Waals surface area contributed by atoms with Crippen LogP contribution in [0.1, 0.15) is 16.8 Å². The first kappa shape index (κ1) is 15.8. The Morgan fingerprint density at radius 1 is 1.25 bits per heavy atom. The van der Waals surface area contributed by atoms with Crippen molar-refractivity contribution in [2.75, 3.05) is 13.7 Å². The van der Waals surface area contributed by atoms with E-state index in [0.29, 0.717) is 23.3 Å². The number of ether oxygens (including phenoxy) is 2. The summed E-state index contributed by atoms with van der Waals surface area (Å²) in [6.45, 7) is 0.425. The van der Waals surface area contributed by atoms with Crippen LogP contribution in [0.5, 0.6) is 5.75 Å². The monoisotopic (exact) mass is 324 g/mol. The number of hydrogen-bond acceptors (Lipinski definition) is 5. The van der Waals surface area contributed by atoms with Gasteiger partial charge in [-0.1, -0.05) is 30.4 Å². The molecule has 0 saturated carbocycles. The van der Waals surface area contributed by atoms with Crippen molar-refractivity contribution in [2.45, 2.75) is 6.42 Å². The lowest BCUT2D eigenvalue weighted by atomic mass is 10.2. The number of esters is 1. The summed E-state index contributed by atoms with van der Waals surface area (Å²) in [4.78, 5) is 23.4. The van der Waals surface area contributed by atoms with Crippen LogP contribution in [-0.2, 0) is 4.74 Å². The molecule has 1 aromatic carbocycles. The minimum atomic E-state index is -0.730. The quantitative estimate of drug-likeness (QED) is 0.637. The Balaban J connectivity index is 1.82. The third kappa shape index (κ3) is 3.46. The van der Waals surface area contributed by atoms with E-state index in [1.54, 1.807) is 18.2 Å². The maximum absolute atomic E-state index is 11.9. The molecular weight excluding hydrogens is 308 g/mol. The van der Waals surface area contributed by atoms with E-state index >= 15 is 0 Å². The molecule has 0 amide bonds. The molecule has 0 atom stereocenters. The zero-order chi connectivity index (χ0) is 16.9. The standard InChI is InChI=1S/C19H16O5/c1-22-18(20)16-10-14-8-9-15(11-17(14)24-19(16)21)23-12-13-6-4-2-3-5-7-13/h2-4,6-11H,5,12H2,1H3. The van der Waals surface area contributed by atoms with E-state index in [1.165, 1.54) is 13.2 Å². The highest BCUT2D eigenvalue weighted by molar-refractivity contribution is 5.92.